The van der Waals surface area contributed by atoms with Crippen molar-refractivity contribution >= 4 is 11.9 Å². The normalized spacial score (nSPS) is 19.7. The van der Waals surface area contributed by atoms with Crippen LogP contribution in [0.25, 0.3) is 11.4 Å². The maximum absolute atomic E-state index is 12.5. The van der Waals surface area contributed by atoms with Gasteiger partial charge < -0.3 is 19.3 Å². The number of carbonyl (C=O) groups is 2. The zero-order valence-corrected chi connectivity index (χ0v) is 15.4. The molecule has 1 aromatic heterocycles. The average Bonchev–Trinajstić information content (AvgIpc) is 3.15. The van der Waals surface area contributed by atoms with E-state index >= 15 is 0 Å². The first-order chi connectivity index (χ1) is 13.0. The van der Waals surface area contributed by atoms with Gasteiger partial charge >= 0.3 is 5.97 Å². The molecule has 1 amide bonds. The number of aliphatic carboxylic acids is 1. The maximum atomic E-state index is 12.5. The number of carboxylic acid groups (broad SMARTS) is 1. The number of piperidine rings is 1. The first-order valence-electron chi connectivity index (χ1n) is 8.99. The Morgan fingerprint density at radius 2 is 2.07 bits per heavy atom. The summed E-state index contributed by atoms with van der Waals surface area (Å²) < 4.78 is 10.4. The molecule has 1 aliphatic heterocycles. The number of hydrogen-bond acceptors (Lipinski definition) is 6. The van der Waals surface area contributed by atoms with Gasteiger partial charge in [-0.2, -0.15) is 4.98 Å². The van der Waals surface area contributed by atoms with E-state index in [-0.39, 0.29) is 18.4 Å². The summed E-state index contributed by atoms with van der Waals surface area (Å²) in [7, 11) is 1.60. The number of amides is 1. The number of methoxy groups -OCH3 is 1. The van der Waals surface area contributed by atoms with E-state index in [4.69, 9.17) is 9.26 Å². The number of hydrogen-bond donors (Lipinski definition) is 1. The summed E-state index contributed by atoms with van der Waals surface area (Å²) in [5.74, 6) is 0.140. The van der Waals surface area contributed by atoms with Gasteiger partial charge in [0.15, 0.2) is 0 Å². The number of carboxylic acids is 1. The molecule has 8 nitrogen and oxygen atoms in total. The van der Waals surface area contributed by atoms with Crippen molar-refractivity contribution in [3.8, 4) is 17.1 Å². The zero-order chi connectivity index (χ0) is 19.4. The van der Waals surface area contributed by atoms with Crippen LogP contribution in [0.3, 0.4) is 0 Å². The molecule has 2 aromatic rings. The van der Waals surface area contributed by atoms with E-state index in [0.29, 0.717) is 37.5 Å². The molecule has 0 unspecified atom stereocenters. The second-order valence-corrected chi connectivity index (χ2v) is 6.65. The lowest BCUT2D eigenvalue weighted by atomic mass is 9.90. The molecule has 3 rings (SSSR count). The fourth-order valence-corrected chi connectivity index (χ4v) is 3.40. The number of ether oxygens (including phenoxy) is 1. The predicted octanol–water partition coefficient (Wildman–Crippen LogP) is 2.39. The quantitative estimate of drug-likeness (QED) is 0.828. The van der Waals surface area contributed by atoms with Crippen molar-refractivity contribution in [1.29, 1.82) is 0 Å². The van der Waals surface area contributed by atoms with Gasteiger partial charge in [-0.1, -0.05) is 5.16 Å². The third-order valence-corrected chi connectivity index (χ3v) is 4.99. The minimum atomic E-state index is -0.846. The van der Waals surface area contributed by atoms with Crippen LogP contribution in [0.4, 0.5) is 0 Å². The molecule has 2 atom stereocenters. The Hall–Kier alpha value is -2.90. The van der Waals surface area contributed by atoms with Crippen LogP contribution in [-0.2, 0) is 16.0 Å². The highest BCUT2D eigenvalue weighted by Crippen LogP contribution is 2.25. The number of aromatic nitrogens is 2. The van der Waals surface area contributed by atoms with Crippen molar-refractivity contribution in [1.82, 2.24) is 15.0 Å². The molecule has 2 heterocycles. The fraction of sp³-hybridized carbons (Fsp3) is 0.474. The molecule has 0 radical (unpaired) electrons. The molecule has 8 heteroatoms. The molecular weight excluding hydrogens is 350 g/mol. The summed E-state index contributed by atoms with van der Waals surface area (Å²) in [6.45, 7) is 2.38. The summed E-state index contributed by atoms with van der Waals surface area (Å²) in [6, 6.07) is 6.98. The Balaban J connectivity index is 1.59. The molecule has 1 saturated heterocycles. The molecule has 1 fully saturated rings. The first-order valence-corrected chi connectivity index (χ1v) is 8.99. The molecule has 0 spiro atoms. The fourth-order valence-electron chi connectivity index (χ4n) is 3.40. The minimum absolute atomic E-state index is 0.0855. The van der Waals surface area contributed by atoms with Gasteiger partial charge in [-0.3, -0.25) is 9.59 Å². The topological polar surface area (TPSA) is 106 Å². The highest BCUT2D eigenvalue weighted by Gasteiger charge is 2.35. The summed E-state index contributed by atoms with van der Waals surface area (Å²) in [4.78, 5) is 29.8. The molecule has 1 aromatic carbocycles. The van der Waals surface area contributed by atoms with E-state index in [1.807, 2.05) is 24.3 Å². The highest BCUT2D eigenvalue weighted by atomic mass is 16.5. The van der Waals surface area contributed by atoms with E-state index in [9.17, 15) is 14.7 Å². The Kier molecular flexibility index (Phi) is 5.73. The number of benzene rings is 1. The number of likely N-dealkylation sites (tertiary alicyclic amines) is 1. The lowest BCUT2D eigenvalue weighted by Crippen LogP contribution is -2.49. The Labute approximate surface area is 157 Å². The van der Waals surface area contributed by atoms with E-state index < -0.39 is 11.9 Å². The lowest BCUT2D eigenvalue weighted by Gasteiger charge is -2.37. The van der Waals surface area contributed by atoms with Crippen LogP contribution in [0.2, 0.25) is 0 Å². The monoisotopic (exact) mass is 373 g/mol. The van der Waals surface area contributed by atoms with E-state index in [0.717, 1.165) is 11.3 Å². The van der Waals surface area contributed by atoms with Crippen LogP contribution in [0.15, 0.2) is 28.8 Å². The third-order valence-electron chi connectivity index (χ3n) is 4.99. The van der Waals surface area contributed by atoms with Crippen LogP contribution < -0.4 is 4.74 Å². The Morgan fingerprint density at radius 3 is 2.74 bits per heavy atom. The summed E-state index contributed by atoms with van der Waals surface area (Å²) in [5.41, 5.74) is 0.797. The predicted molar refractivity (Wildman–Crippen MR) is 96.1 cm³/mol. The number of nitrogens with zero attached hydrogens (tertiary/aromatic N) is 3. The number of aryl methyl sites for hydroxylation is 1. The summed E-state index contributed by atoms with van der Waals surface area (Å²) >= 11 is 0. The average molecular weight is 373 g/mol. The van der Waals surface area contributed by atoms with Crippen molar-refractivity contribution in [2.75, 3.05) is 13.7 Å². The van der Waals surface area contributed by atoms with Crippen LogP contribution in [-0.4, -0.2) is 51.7 Å². The molecule has 1 aliphatic rings. The highest BCUT2D eigenvalue weighted by molar-refractivity contribution is 5.78. The second kappa shape index (κ2) is 8.20. The van der Waals surface area contributed by atoms with Crippen molar-refractivity contribution in [3.63, 3.8) is 0 Å². The Bertz CT molecular complexity index is 802. The van der Waals surface area contributed by atoms with Gasteiger partial charge in [-0.15, -0.1) is 0 Å². The van der Waals surface area contributed by atoms with Gasteiger partial charge in [0.2, 0.25) is 17.6 Å². The molecular formula is C19H23N3O5. The Morgan fingerprint density at radius 1 is 1.33 bits per heavy atom. The first kappa shape index (κ1) is 18.9. The zero-order valence-electron chi connectivity index (χ0n) is 15.4. The van der Waals surface area contributed by atoms with Crippen molar-refractivity contribution in [2.45, 2.75) is 38.6 Å². The van der Waals surface area contributed by atoms with Crippen molar-refractivity contribution < 1.29 is 24.0 Å². The van der Waals surface area contributed by atoms with E-state index in [2.05, 4.69) is 10.1 Å². The van der Waals surface area contributed by atoms with Crippen LogP contribution >= 0.6 is 0 Å². The molecule has 0 aliphatic carbocycles. The van der Waals surface area contributed by atoms with Crippen molar-refractivity contribution in [3.05, 3.63) is 30.2 Å². The summed E-state index contributed by atoms with van der Waals surface area (Å²) in [6.07, 6.45) is 1.84. The van der Waals surface area contributed by atoms with Gasteiger partial charge in [0.1, 0.15) is 5.75 Å². The smallest absolute Gasteiger partial charge is 0.308 e. The minimum Gasteiger partial charge on any atom is -0.497 e. The van der Waals surface area contributed by atoms with Gasteiger partial charge in [0.25, 0.3) is 0 Å². The van der Waals surface area contributed by atoms with Crippen LogP contribution in [0.5, 0.6) is 5.75 Å². The van der Waals surface area contributed by atoms with Crippen molar-refractivity contribution in [2.24, 2.45) is 5.92 Å². The molecule has 0 saturated carbocycles. The lowest BCUT2D eigenvalue weighted by molar-refractivity contribution is -0.149. The molecule has 1 N–H and O–H groups in total. The molecule has 27 heavy (non-hydrogen) atoms. The van der Waals surface area contributed by atoms with Gasteiger partial charge in [-0.05, 0) is 44.0 Å². The second-order valence-electron chi connectivity index (χ2n) is 6.65. The molecule has 0 bridgehead atoms. The maximum Gasteiger partial charge on any atom is 0.308 e. The number of rotatable bonds is 6. The standard InChI is InChI=1S/C19H23N3O5/c1-12-15(19(24)25)4-3-11-22(12)17(23)10-9-16-20-18(21-27-16)13-5-7-14(26-2)8-6-13/h5-8,12,15H,3-4,9-11H2,1-2H3,(H,24,25)/t12-,15-/m0/s1. The van der Waals surface area contributed by atoms with Gasteiger partial charge in [-0.25, -0.2) is 0 Å². The largest absolute Gasteiger partial charge is 0.497 e. The summed E-state index contributed by atoms with van der Waals surface area (Å²) in [5, 5.41) is 13.2. The van der Waals surface area contributed by atoms with Crippen LogP contribution in [0, 0.1) is 5.92 Å². The van der Waals surface area contributed by atoms with Crippen LogP contribution in [0.1, 0.15) is 32.1 Å². The van der Waals surface area contributed by atoms with E-state index in [1.54, 1.807) is 18.9 Å². The molecule has 144 valence electrons. The number of carbonyl (C=O) groups excluding carboxylic acids is 1. The third kappa shape index (κ3) is 4.27. The van der Waals surface area contributed by atoms with E-state index in [1.165, 1.54) is 0 Å². The van der Waals surface area contributed by atoms with Gasteiger partial charge in [0, 0.05) is 31.0 Å². The SMILES string of the molecule is COc1ccc(-c2noc(CCC(=O)N3CCC[C@H](C(=O)O)[C@@H]3C)n2)cc1. The van der Waals surface area contributed by atoms with Gasteiger partial charge in [0.05, 0.1) is 13.0 Å².